The molecule has 1 aliphatic heterocycles. The van der Waals surface area contributed by atoms with Crippen LogP contribution in [0.5, 0.6) is 0 Å². The van der Waals surface area contributed by atoms with E-state index in [0.29, 0.717) is 12.8 Å². The van der Waals surface area contributed by atoms with Crippen molar-refractivity contribution < 1.29 is 19.5 Å². The Bertz CT molecular complexity index is 515. The minimum atomic E-state index is -1.17. The fraction of sp³-hybridized carbons (Fsp3) is 0.273. The molecule has 1 unspecified atom stereocenters. The number of hydrogen-bond donors (Lipinski definition) is 3. The smallest absolute Gasteiger partial charge is 0.354 e. The van der Waals surface area contributed by atoms with Crippen LogP contribution in [0.2, 0.25) is 0 Å². The summed E-state index contributed by atoms with van der Waals surface area (Å²) >= 11 is 0. The number of carboxylic acid groups (broad SMARTS) is 1. The van der Waals surface area contributed by atoms with Gasteiger partial charge in [-0.3, -0.25) is 9.59 Å². The summed E-state index contributed by atoms with van der Waals surface area (Å²) in [5.74, 6) is -1.57. The monoisotopic (exact) mass is 249 g/mol. The van der Waals surface area contributed by atoms with Gasteiger partial charge in [0.2, 0.25) is 11.8 Å². The third kappa shape index (κ3) is 2.62. The molecule has 1 saturated heterocycles. The van der Waals surface area contributed by atoms with Gasteiger partial charge in [-0.25, -0.2) is 9.78 Å². The number of rotatable bonds is 3. The average molecular weight is 249 g/mol. The van der Waals surface area contributed by atoms with E-state index in [0.717, 1.165) is 0 Å². The summed E-state index contributed by atoms with van der Waals surface area (Å²) in [4.78, 5) is 37.2. The lowest BCUT2D eigenvalue weighted by Crippen LogP contribution is -2.37. The van der Waals surface area contributed by atoms with Crippen LogP contribution in [0.1, 0.15) is 23.3 Å². The summed E-state index contributed by atoms with van der Waals surface area (Å²) in [6, 6.07) is 3.73. The molecule has 2 heterocycles. The molecule has 1 aliphatic rings. The Morgan fingerprint density at radius 1 is 1.44 bits per heavy atom. The van der Waals surface area contributed by atoms with E-state index in [9.17, 15) is 14.4 Å². The van der Waals surface area contributed by atoms with Crippen LogP contribution in [0.15, 0.2) is 18.2 Å². The molecule has 0 aliphatic carbocycles. The molecule has 1 aromatic heterocycles. The number of carbonyl (C=O) groups is 3. The van der Waals surface area contributed by atoms with Crippen molar-refractivity contribution in [1.29, 1.82) is 0 Å². The van der Waals surface area contributed by atoms with Crippen LogP contribution in [0, 0.1) is 0 Å². The SMILES string of the molecule is O=C1CCC(C(=O)Nc2cccc(C(=O)O)n2)N1. The highest BCUT2D eigenvalue weighted by atomic mass is 16.4. The summed E-state index contributed by atoms with van der Waals surface area (Å²) in [5.41, 5.74) is -0.150. The molecule has 2 amide bonds. The van der Waals surface area contributed by atoms with Crippen molar-refractivity contribution in [3.63, 3.8) is 0 Å². The van der Waals surface area contributed by atoms with Crippen molar-refractivity contribution in [2.75, 3.05) is 5.32 Å². The van der Waals surface area contributed by atoms with Gasteiger partial charge >= 0.3 is 5.97 Å². The zero-order chi connectivity index (χ0) is 13.1. The summed E-state index contributed by atoms with van der Waals surface area (Å²) < 4.78 is 0. The number of aromatic carboxylic acids is 1. The Morgan fingerprint density at radius 3 is 2.83 bits per heavy atom. The summed E-state index contributed by atoms with van der Waals surface area (Å²) in [5, 5.41) is 13.7. The zero-order valence-corrected chi connectivity index (χ0v) is 9.34. The second-order valence-electron chi connectivity index (χ2n) is 3.86. The summed E-state index contributed by atoms with van der Waals surface area (Å²) in [7, 11) is 0. The van der Waals surface area contributed by atoms with Gasteiger partial charge in [-0.2, -0.15) is 0 Å². The highest BCUT2D eigenvalue weighted by Gasteiger charge is 2.27. The molecule has 0 aromatic carbocycles. The molecule has 0 saturated carbocycles. The number of nitrogens with one attached hydrogen (secondary N) is 2. The van der Waals surface area contributed by atoms with Crippen LogP contribution < -0.4 is 10.6 Å². The van der Waals surface area contributed by atoms with Gasteiger partial charge < -0.3 is 15.7 Å². The summed E-state index contributed by atoms with van der Waals surface area (Å²) in [6.45, 7) is 0. The van der Waals surface area contributed by atoms with Gasteiger partial charge in [-0.05, 0) is 18.6 Å². The molecule has 3 N–H and O–H groups in total. The highest BCUT2D eigenvalue weighted by molar-refractivity contribution is 5.98. The molecule has 1 aromatic rings. The van der Waals surface area contributed by atoms with Crippen LogP contribution in [-0.2, 0) is 9.59 Å². The van der Waals surface area contributed by atoms with E-state index in [1.54, 1.807) is 0 Å². The van der Waals surface area contributed by atoms with E-state index in [4.69, 9.17) is 5.11 Å². The van der Waals surface area contributed by atoms with Gasteiger partial charge in [-0.15, -0.1) is 0 Å². The Labute approximate surface area is 102 Å². The minimum absolute atomic E-state index is 0.150. The van der Waals surface area contributed by atoms with Crippen LogP contribution in [0.4, 0.5) is 5.82 Å². The molecular formula is C11H11N3O4. The van der Waals surface area contributed by atoms with E-state index in [2.05, 4.69) is 15.6 Å². The van der Waals surface area contributed by atoms with Crippen molar-refractivity contribution in [2.24, 2.45) is 0 Å². The van der Waals surface area contributed by atoms with Crippen molar-refractivity contribution in [3.05, 3.63) is 23.9 Å². The standard InChI is InChI=1S/C11H11N3O4/c15-9-5-4-6(13-9)10(16)14-8-3-1-2-7(12-8)11(17)18/h1-3,6H,4-5H2,(H,13,15)(H,17,18)(H,12,14,16). The Kier molecular flexibility index (Phi) is 3.22. The number of aromatic nitrogens is 1. The van der Waals surface area contributed by atoms with Crippen molar-refractivity contribution in [1.82, 2.24) is 10.3 Å². The lowest BCUT2D eigenvalue weighted by atomic mass is 10.2. The third-order valence-corrected chi connectivity index (χ3v) is 2.53. The maximum atomic E-state index is 11.7. The topological polar surface area (TPSA) is 108 Å². The number of carbonyl (C=O) groups excluding carboxylic acids is 2. The van der Waals surface area contributed by atoms with Gasteiger partial charge in [0.25, 0.3) is 0 Å². The van der Waals surface area contributed by atoms with Crippen LogP contribution >= 0.6 is 0 Å². The van der Waals surface area contributed by atoms with Crippen molar-refractivity contribution in [3.8, 4) is 0 Å². The maximum Gasteiger partial charge on any atom is 0.354 e. The first-order chi connectivity index (χ1) is 8.56. The van der Waals surface area contributed by atoms with Gasteiger partial charge in [0.05, 0.1) is 0 Å². The quantitative estimate of drug-likeness (QED) is 0.698. The van der Waals surface area contributed by atoms with E-state index in [1.807, 2.05) is 0 Å². The molecule has 1 atom stereocenters. The first-order valence-electron chi connectivity index (χ1n) is 5.37. The molecule has 18 heavy (non-hydrogen) atoms. The fourth-order valence-electron chi connectivity index (χ4n) is 1.65. The molecule has 2 rings (SSSR count). The Morgan fingerprint density at radius 2 is 2.22 bits per heavy atom. The van der Waals surface area contributed by atoms with Gasteiger partial charge in [-0.1, -0.05) is 6.07 Å². The zero-order valence-electron chi connectivity index (χ0n) is 9.34. The van der Waals surface area contributed by atoms with Crippen LogP contribution in [0.25, 0.3) is 0 Å². The first kappa shape index (κ1) is 12.0. The molecule has 0 bridgehead atoms. The van der Waals surface area contributed by atoms with Gasteiger partial charge in [0, 0.05) is 6.42 Å². The Hall–Kier alpha value is -2.44. The molecule has 0 spiro atoms. The fourth-order valence-corrected chi connectivity index (χ4v) is 1.65. The first-order valence-corrected chi connectivity index (χ1v) is 5.37. The highest BCUT2D eigenvalue weighted by Crippen LogP contribution is 2.10. The number of pyridine rings is 1. The largest absolute Gasteiger partial charge is 0.477 e. The lowest BCUT2D eigenvalue weighted by Gasteiger charge is -2.10. The molecule has 1 fully saturated rings. The van der Waals surface area contributed by atoms with E-state index < -0.39 is 17.9 Å². The second kappa shape index (κ2) is 4.82. The number of hydrogen-bond acceptors (Lipinski definition) is 4. The molecule has 7 heteroatoms. The van der Waals surface area contributed by atoms with Crippen molar-refractivity contribution >= 4 is 23.6 Å². The Balaban J connectivity index is 2.05. The van der Waals surface area contributed by atoms with Gasteiger partial charge in [0.1, 0.15) is 11.9 Å². The molecule has 0 radical (unpaired) electrons. The van der Waals surface area contributed by atoms with E-state index >= 15 is 0 Å². The number of amides is 2. The van der Waals surface area contributed by atoms with Crippen molar-refractivity contribution in [2.45, 2.75) is 18.9 Å². The molecule has 94 valence electrons. The summed E-state index contributed by atoms with van der Waals surface area (Å²) in [6.07, 6.45) is 0.754. The van der Waals surface area contributed by atoms with Crippen LogP contribution in [-0.4, -0.2) is 33.9 Å². The normalized spacial score (nSPS) is 18.2. The number of anilines is 1. The van der Waals surface area contributed by atoms with E-state index in [-0.39, 0.29) is 17.4 Å². The number of nitrogens with zero attached hydrogens (tertiary/aromatic N) is 1. The minimum Gasteiger partial charge on any atom is -0.477 e. The second-order valence-corrected chi connectivity index (χ2v) is 3.86. The van der Waals surface area contributed by atoms with Gasteiger partial charge in [0.15, 0.2) is 5.69 Å². The van der Waals surface area contributed by atoms with E-state index in [1.165, 1.54) is 18.2 Å². The maximum absolute atomic E-state index is 11.7. The average Bonchev–Trinajstić information content (AvgIpc) is 2.76. The van der Waals surface area contributed by atoms with Crippen LogP contribution in [0.3, 0.4) is 0 Å². The predicted molar refractivity (Wildman–Crippen MR) is 61.0 cm³/mol. The predicted octanol–water partition coefficient (Wildman–Crippen LogP) is -0.00310. The molecule has 7 nitrogen and oxygen atoms in total. The third-order valence-electron chi connectivity index (χ3n) is 2.53. The molecular weight excluding hydrogens is 238 g/mol. The number of carboxylic acids is 1. The lowest BCUT2D eigenvalue weighted by molar-refractivity contribution is -0.122.